The van der Waals surface area contributed by atoms with Gasteiger partial charge in [0.25, 0.3) is 0 Å². The van der Waals surface area contributed by atoms with Gasteiger partial charge in [0.15, 0.2) is 0 Å². The maximum atomic E-state index is 11.5. The summed E-state index contributed by atoms with van der Waals surface area (Å²) in [7, 11) is 0. The van der Waals surface area contributed by atoms with Crippen molar-refractivity contribution in [3.8, 4) is 0 Å². The van der Waals surface area contributed by atoms with Crippen LogP contribution in [0.5, 0.6) is 0 Å². The predicted molar refractivity (Wildman–Crippen MR) is 53.2 cm³/mol. The average Bonchev–Trinajstić information content (AvgIpc) is 2.71. The standard InChI is InChI=1S/C11H15NO3/c13-11(8-10-6-7-12-15-10)14-9-4-2-1-3-5-9/h6-7,9H,1-5,8H2. The highest BCUT2D eigenvalue weighted by Crippen LogP contribution is 2.20. The first-order chi connectivity index (χ1) is 7.34. The third-order valence-electron chi connectivity index (χ3n) is 2.66. The Balaban J connectivity index is 1.76. The van der Waals surface area contributed by atoms with Crippen molar-refractivity contribution in [2.45, 2.75) is 44.6 Å². The minimum absolute atomic E-state index is 0.120. The average molecular weight is 209 g/mol. The number of hydrogen-bond acceptors (Lipinski definition) is 4. The largest absolute Gasteiger partial charge is 0.462 e. The van der Waals surface area contributed by atoms with E-state index >= 15 is 0 Å². The van der Waals surface area contributed by atoms with Gasteiger partial charge in [0.2, 0.25) is 0 Å². The first-order valence-electron chi connectivity index (χ1n) is 5.43. The normalized spacial score (nSPS) is 17.6. The molecule has 0 saturated heterocycles. The Labute approximate surface area is 88.6 Å². The molecule has 1 aliphatic rings. The van der Waals surface area contributed by atoms with Crippen molar-refractivity contribution in [3.05, 3.63) is 18.0 Å². The van der Waals surface area contributed by atoms with Crippen molar-refractivity contribution < 1.29 is 14.1 Å². The van der Waals surface area contributed by atoms with Crippen LogP contribution in [-0.2, 0) is 16.0 Å². The minimum atomic E-state index is -0.210. The molecular weight excluding hydrogens is 194 g/mol. The van der Waals surface area contributed by atoms with E-state index in [9.17, 15) is 4.79 Å². The SMILES string of the molecule is O=C(Cc1ccno1)OC1CCCCC1. The first kappa shape index (κ1) is 10.2. The van der Waals surface area contributed by atoms with Gasteiger partial charge < -0.3 is 9.26 Å². The Morgan fingerprint density at radius 1 is 1.47 bits per heavy atom. The summed E-state index contributed by atoms with van der Waals surface area (Å²) in [6, 6.07) is 1.68. The van der Waals surface area contributed by atoms with Crippen LogP contribution >= 0.6 is 0 Å². The zero-order valence-corrected chi connectivity index (χ0v) is 8.65. The van der Waals surface area contributed by atoms with Gasteiger partial charge in [0.05, 0.1) is 6.20 Å². The smallest absolute Gasteiger partial charge is 0.313 e. The Hall–Kier alpha value is -1.32. The second kappa shape index (κ2) is 4.96. The Bertz CT molecular complexity index is 302. The highest BCUT2D eigenvalue weighted by Gasteiger charge is 2.18. The molecule has 0 aromatic carbocycles. The zero-order chi connectivity index (χ0) is 10.5. The third-order valence-corrected chi connectivity index (χ3v) is 2.66. The second-order valence-corrected chi connectivity index (χ2v) is 3.91. The Kier molecular flexibility index (Phi) is 3.37. The number of carbonyl (C=O) groups is 1. The third kappa shape index (κ3) is 3.08. The lowest BCUT2D eigenvalue weighted by Crippen LogP contribution is -2.21. The highest BCUT2D eigenvalue weighted by molar-refractivity contribution is 5.71. The Morgan fingerprint density at radius 3 is 2.93 bits per heavy atom. The maximum absolute atomic E-state index is 11.5. The topological polar surface area (TPSA) is 52.3 Å². The molecule has 0 radical (unpaired) electrons. The lowest BCUT2D eigenvalue weighted by atomic mass is 9.98. The number of ether oxygens (including phenoxy) is 1. The van der Waals surface area contributed by atoms with E-state index < -0.39 is 0 Å². The van der Waals surface area contributed by atoms with Crippen molar-refractivity contribution in [2.75, 3.05) is 0 Å². The zero-order valence-electron chi connectivity index (χ0n) is 8.65. The summed E-state index contributed by atoms with van der Waals surface area (Å²) in [5.74, 6) is 0.356. The van der Waals surface area contributed by atoms with Crippen LogP contribution in [0.3, 0.4) is 0 Å². The van der Waals surface area contributed by atoms with Gasteiger partial charge in [-0.25, -0.2) is 0 Å². The molecule has 82 valence electrons. The molecular formula is C11H15NO3. The van der Waals surface area contributed by atoms with Crippen molar-refractivity contribution in [1.82, 2.24) is 5.16 Å². The van der Waals surface area contributed by atoms with E-state index in [1.54, 1.807) is 6.07 Å². The fourth-order valence-corrected chi connectivity index (χ4v) is 1.89. The minimum Gasteiger partial charge on any atom is -0.462 e. The molecule has 0 aliphatic heterocycles. The molecule has 1 aliphatic carbocycles. The van der Waals surface area contributed by atoms with E-state index in [0.717, 1.165) is 12.8 Å². The van der Waals surface area contributed by atoms with Crippen molar-refractivity contribution >= 4 is 5.97 Å². The van der Waals surface area contributed by atoms with Crippen molar-refractivity contribution in [3.63, 3.8) is 0 Å². The van der Waals surface area contributed by atoms with Gasteiger partial charge in [0.1, 0.15) is 18.3 Å². The second-order valence-electron chi connectivity index (χ2n) is 3.91. The number of rotatable bonds is 3. The molecule has 2 rings (SSSR count). The van der Waals surface area contributed by atoms with E-state index in [1.807, 2.05) is 0 Å². The van der Waals surface area contributed by atoms with Crippen molar-refractivity contribution in [1.29, 1.82) is 0 Å². The quantitative estimate of drug-likeness (QED) is 0.715. The number of hydrogen-bond donors (Lipinski definition) is 0. The molecule has 1 heterocycles. The molecule has 15 heavy (non-hydrogen) atoms. The molecule has 0 atom stereocenters. The van der Waals surface area contributed by atoms with Crippen LogP contribution in [0.25, 0.3) is 0 Å². The molecule has 4 nitrogen and oxygen atoms in total. The first-order valence-corrected chi connectivity index (χ1v) is 5.43. The van der Waals surface area contributed by atoms with Crippen LogP contribution in [0, 0.1) is 0 Å². The molecule has 0 unspecified atom stereocenters. The molecule has 4 heteroatoms. The lowest BCUT2D eigenvalue weighted by Gasteiger charge is -2.21. The van der Waals surface area contributed by atoms with Gasteiger partial charge in [-0.3, -0.25) is 4.79 Å². The fourth-order valence-electron chi connectivity index (χ4n) is 1.89. The van der Waals surface area contributed by atoms with Crippen LogP contribution in [0.15, 0.2) is 16.8 Å². The van der Waals surface area contributed by atoms with Gasteiger partial charge in [0, 0.05) is 6.07 Å². The van der Waals surface area contributed by atoms with Crippen LogP contribution < -0.4 is 0 Å². The van der Waals surface area contributed by atoms with Crippen LogP contribution in [0.2, 0.25) is 0 Å². The summed E-state index contributed by atoms with van der Waals surface area (Å²) < 4.78 is 10.2. The van der Waals surface area contributed by atoms with E-state index in [1.165, 1.54) is 25.5 Å². The summed E-state index contributed by atoms with van der Waals surface area (Å²) in [5, 5.41) is 3.54. The Morgan fingerprint density at radius 2 is 2.27 bits per heavy atom. The molecule has 0 spiro atoms. The van der Waals surface area contributed by atoms with E-state index in [4.69, 9.17) is 9.26 Å². The van der Waals surface area contributed by atoms with E-state index in [2.05, 4.69) is 5.16 Å². The number of nitrogens with zero attached hydrogens (tertiary/aromatic N) is 1. The molecule has 0 amide bonds. The van der Waals surface area contributed by atoms with Crippen molar-refractivity contribution in [2.24, 2.45) is 0 Å². The number of aromatic nitrogens is 1. The van der Waals surface area contributed by atoms with Gasteiger partial charge in [-0.1, -0.05) is 11.6 Å². The molecule has 0 N–H and O–H groups in total. The molecule has 0 bridgehead atoms. The monoisotopic (exact) mass is 209 g/mol. The molecule has 1 aromatic heterocycles. The number of esters is 1. The summed E-state index contributed by atoms with van der Waals surface area (Å²) in [6.45, 7) is 0. The molecule has 1 aromatic rings. The summed E-state index contributed by atoms with van der Waals surface area (Å²) in [6.07, 6.45) is 7.44. The molecule has 1 fully saturated rings. The summed E-state index contributed by atoms with van der Waals surface area (Å²) >= 11 is 0. The number of carbonyl (C=O) groups excluding carboxylic acids is 1. The molecule has 1 saturated carbocycles. The predicted octanol–water partition coefficient (Wildman–Crippen LogP) is 2.09. The maximum Gasteiger partial charge on any atom is 0.313 e. The summed E-state index contributed by atoms with van der Waals surface area (Å²) in [4.78, 5) is 11.5. The lowest BCUT2D eigenvalue weighted by molar-refractivity contribution is -0.150. The van der Waals surface area contributed by atoms with Crippen LogP contribution in [-0.4, -0.2) is 17.2 Å². The van der Waals surface area contributed by atoms with Crippen LogP contribution in [0.4, 0.5) is 0 Å². The van der Waals surface area contributed by atoms with E-state index in [-0.39, 0.29) is 18.5 Å². The van der Waals surface area contributed by atoms with Gasteiger partial charge in [-0.05, 0) is 25.7 Å². The highest BCUT2D eigenvalue weighted by atomic mass is 16.5. The van der Waals surface area contributed by atoms with Gasteiger partial charge in [-0.2, -0.15) is 0 Å². The van der Waals surface area contributed by atoms with Gasteiger partial charge >= 0.3 is 5.97 Å². The van der Waals surface area contributed by atoms with E-state index in [0.29, 0.717) is 5.76 Å². The summed E-state index contributed by atoms with van der Waals surface area (Å²) in [5.41, 5.74) is 0. The fraction of sp³-hybridized carbons (Fsp3) is 0.636. The van der Waals surface area contributed by atoms with Gasteiger partial charge in [-0.15, -0.1) is 0 Å². The van der Waals surface area contributed by atoms with Crippen LogP contribution in [0.1, 0.15) is 37.9 Å².